The summed E-state index contributed by atoms with van der Waals surface area (Å²) in [4.78, 5) is 10.3. The first-order chi connectivity index (χ1) is 24.8. The van der Waals surface area contributed by atoms with Crippen LogP contribution in [0.3, 0.4) is 0 Å². The van der Waals surface area contributed by atoms with Crippen LogP contribution in [0.4, 0.5) is 0 Å². The second-order valence-corrected chi connectivity index (χ2v) is 12.6. The van der Waals surface area contributed by atoms with Crippen molar-refractivity contribution >= 4 is 43.9 Å². The molecule has 0 spiro atoms. The van der Waals surface area contributed by atoms with Crippen LogP contribution in [0.25, 0.3) is 100 Å². The molecular weight excluding hydrogens is 613 g/mol. The van der Waals surface area contributed by atoms with E-state index in [0.717, 1.165) is 94.2 Å². The molecule has 7 aromatic carbocycles. The first kappa shape index (κ1) is 28.3. The van der Waals surface area contributed by atoms with E-state index < -0.39 is 0 Å². The molecule has 0 aliphatic heterocycles. The molecule has 0 unspecified atom stereocenters. The van der Waals surface area contributed by atoms with E-state index in [9.17, 15) is 0 Å². The van der Waals surface area contributed by atoms with E-state index in [1.807, 2.05) is 36.4 Å². The lowest BCUT2D eigenvalue weighted by atomic mass is 10.0. The van der Waals surface area contributed by atoms with Gasteiger partial charge in [-0.05, 0) is 53.1 Å². The number of hydrogen-bond donors (Lipinski definition) is 0. The van der Waals surface area contributed by atoms with Crippen LogP contribution in [-0.2, 0) is 0 Å². The van der Waals surface area contributed by atoms with Crippen LogP contribution >= 0.6 is 0 Å². The maximum Gasteiger partial charge on any atom is 0.164 e. The van der Waals surface area contributed by atoms with Crippen LogP contribution < -0.4 is 0 Å². The van der Waals surface area contributed by atoms with Gasteiger partial charge in [0.15, 0.2) is 5.82 Å². The zero-order valence-corrected chi connectivity index (χ0v) is 26.9. The Balaban J connectivity index is 1.15. The smallest absolute Gasteiger partial charge is 0.164 e. The highest BCUT2D eigenvalue weighted by atomic mass is 16.3. The first-order valence-corrected chi connectivity index (χ1v) is 16.7. The van der Waals surface area contributed by atoms with Gasteiger partial charge in [-0.1, -0.05) is 133 Å². The minimum Gasteiger partial charge on any atom is -0.455 e. The summed E-state index contributed by atoms with van der Waals surface area (Å²) in [6, 6.07) is 58.4. The summed E-state index contributed by atoms with van der Waals surface area (Å²) in [5, 5.41) is 4.26. The SMILES string of the molecule is c1ccc(-c2ccc3c(c2)oc2c(-c4nc(-c5ccccc5)cc(-c5ccc6c(c5)oc5c(-c7ccccc7)cccc56)n4)cccc23)cc1. The average molecular weight is 641 g/mol. The Morgan fingerprint density at radius 2 is 0.820 bits per heavy atom. The third-order valence-electron chi connectivity index (χ3n) is 9.52. The highest BCUT2D eigenvalue weighted by Crippen LogP contribution is 2.40. The fraction of sp³-hybridized carbons (Fsp3) is 0. The van der Waals surface area contributed by atoms with Crippen LogP contribution in [-0.4, -0.2) is 9.97 Å². The van der Waals surface area contributed by atoms with Crippen LogP contribution in [0.2, 0.25) is 0 Å². The standard InChI is InChI=1S/C46H28N2O2/c1-4-12-29(13-5-1)32-22-24-35-38-20-11-21-39(45(38)50-42(35)26-32)46-47-40(31-16-8-3-9-17-31)28-41(48-46)33-23-25-36-37-19-10-18-34(30-14-6-2-7-15-30)44(37)49-43(36)27-33/h1-28H. The van der Waals surface area contributed by atoms with Crippen LogP contribution in [0.5, 0.6) is 0 Å². The minimum absolute atomic E-state index is 0.602. The number of benzene rings is 7. The average Bonchev–Trinajstić information content (AvgIpc) is 3.76. The van der Waals surface area contributed by atoms with Crippen LogP contribution in [0.15, 0.2) is 179 Å². The Morgan fingerprint density at radius 1 is 0.320 bits per heavy atom. The van der Waals surface area contributed by atoms with E-state index >= 15 is 0 Å². The maximum atomic E-state index is 6.64. The zero-order chi connectivity index (χ0) is 33.0. The van der Waals surface area contributed by atoms with Crippen molar-refractivity contribution < 1.29 is 8.83 Å². The molecule has 0 atom stereocenters. The highest BCUT2D eigenvalue weighted by molar-refractivity contribution is 6.11. The Bertz CT molecular complexity index is 2850. The molecule has 0 bridgehead atoms. The molecule has 50 heavy (non-hydrogen) atoms. The fourth-order valence-electron chi connectivity index (χ4n) is 7.06. The quantitative estimate of drug-likeness (QED) is 0.188. The number of para-hydroxylation sites is 2. The monoisotopic (exact) mass is 640 g/mol. The Morgan fingerprint density at radius 3 is 1.46 bits per heavy atom. The topological polar surface area (TPSA) is 52.1 Å². The molecule has 10 rings (SSSR count). The van der Waals surface area contributed by atoms with Crippen molar-refractivity contribution in [1.82, 2.24) is 9.97 Å². The number of rotatable bonds is 5. The van der Waals surface area contributed by atoms with Crippen molar-refractivity contribution in [3.8, 4) is 56.2 Å². The van der Waals surface area contributed by atoms with Gasteiger partial charge in [0.2, 0.25) is 0 Å². The van der Waals surface area contributed by atoms with Crippen LogP contribution in [0, 0.1) is 0 Å². The van der Waals surface area contributed by atoms with Gasteiger partial charge in [-0.15, -0.1) is 0 Å². The molecule has 0 fully saturated rings. The molecule has 0 amide bonds. The second kappa shape index (κ2) is 11.4. The molecule has 0 aliphatic rings. The molecule has 0 N–H and O–H groups in total. The molecule has 0 saturated carbocycles. The van der Waals surface area contributed by atoms with Crippen LogP contribution in [0.1, 0.15) is 0 Å². The Kier molecular flexibility index (Phi) is 6.46. The van der Waals surface area contributed by atoms with Gasteiger partial charge in [-0.2, -0.15) is 0 Å². The van der Waals surface area contributed by atoms with Gasteiger partial charge < -0.3 is 8.83 Å². The molecule has 3 heterocycles. The maximum absolute atomic E-state index is 6.64. The minimum atomic E-state index is 0.602. The number of nitrogens with zero attached hydrogens (tertiary/aromatic N) is 2. The van der Waals surface area contributed by atoms with E-state index in [0.29, 0.717) is 5.82 Å². The third-order valence-corrected chi connectivity index (χ3v) is 9.52. The van der Waals surface area contributed by atoms with Gasteiger partial charge >= 0.3 is 0 Å². The van der Waals surface area contributed by atoms with E-state index in [1.165, 1.54) is 0 Å². The summed E-state index contributed by atoms with van der Waals surface area (Å²) < 4.78 is 13.2. The molecular formula is C46H28N2O2. The molecule has 0 radical (unpaired) electrons. The van der Waals surface area contributed by atoms with Gasteiger partial charge in [-0.3, -0.25) is 0 Å². The highest BCUT2D eigenvalue weighted by Gasteiger charge is 2.19. The van der Waals surface area contributed by atoms with Crippen molar-refractivity contribution in [2.75, 3.05) is 0 Å². The van der Waals surface area contributed by atoms with E-state index in [-0.39, 0.29) is 0 Å². The summed E-state index contributed by atoms with van der Waals surface area (Å²) in [5.41, 5.74) is 12.2. The van der Waals surface area contributed by atoms with Gasteiger partial charge in [0, 0.05) is 38.2 Å². The molecule has 0 saturated heterocycles. The van der Waals surface area contributed by atoms with E-state index in [1.54, 1.807) is 0 Å². The predicted molar refractivity (Wildman–Crippen MR) is 204 cm³/mol. The van der Waals surface area contributed by atoms with Crippen molar-refractivity contribution in [2.45, 2.75) is 0 Å². The lowest BCUT2D eigenvalue weighted by molar-refractivity contribution is 0.669. The number of fused-ring (bicyclic) bond motifs is 6. The third kappa shape index (κ3) is 4.69. The Hall–Kier alpha value is -6.78. The molecule has 10 aromatic rings. The molecule has 234 valence electrons. The van der Waals surface area contributed by atoms with Gasteiger partial charge in [0.05, 0.1) is 17.0 Å². The van der Waals surface area contributed by atoms with Gasteiger partial charge in [0.25, 0.3) is 0 Å². The fourth-order valence-corrected chi connectivity index (χ4v) is 7.06. The second-order valence-electron chi connectivity index (χ2n) is 12.6. The van der Waals surface area contributed by atoms with Crippen molar-refractivity contribution in [3.05, 3.63) is 170 Å². The lowest BCUT2D eigenvalue weighted by Gasteiger charge is -2.10. The summed E-state index contributed by atoms with van der Waals surface area (Å²) in [7, 11) is 0. The van der Waals surface area contributed by atoms with E-state index in [2.05, 4.69) is 133 Å². The summed E-state index contributed by atoms with van der Waals surface area (Å²) in [6.07, 6.45) is 0. The van der Waals surface area contributed by atoms with Gasteiger partial charge in [0.1, 0.15) is 22.3 Å². The van der Waals surface area contributed by atoms with Gasteiger partial charge in [-0.25, -0.2) is 9.97 Å². The molecule has 4 heteroatoms. The number of furan rings is 2. The Labute approximate surface area is 287 Å². The first-order valence-electron chi connectivity index (χ1n) is 16.7. The van der Waals surface area contributed by atoms with Crippen molar-refractivity contribution in [1.29, 1.82) is 0 Å². The van der Waals surface area contributed by atoms with Crippen molar-refractivity contribution in [3.63, 3.8) is 0 Å². The summed E-state index contributed by atoms with van der Waals surface area (Å²) >= 11 is 0. The molecule has 4 nitrogen and oxygen atoms in total. The number of hydrogen-bond acceptors (Lipinski definition) is 4. The van der Waals surface area contributed by atoms with Crippen molar-refractivity contribution in [2.24, 2.45) is 0 Å². The van der Waals surface area contributed by atoms with E-state index in [4.69, 9.17) is 18.8 Å². The number of aromatic nitrogens is 2. The summed E-state index contributed by atoms with van der Waals surface area (Å²) in [6.45, 7) is 0. The largest absolute Gasteiger partial charge is 0.455 e. The normalized spacial score (nSPS) is 11.6. The molecule has 3 aromatic heterocycles. The predicted octanol–water partition coefficient (Wildman–Crippen LogP) is 12.6. The summed E-state index contributed by atoms with van der Waals surface area (Å²) in [5.74, 6) is 0.602. The molecule has 0 aliphatic carbocycles. The lowest BCUT2D eigenvalue weighted by Crippen LogP contribution is -1.96. The zero-order valence-electron chi connectivity index (χ0n) is 26.9.